The van der Waals surface area contributed by atoms with Crippen LogP contribution in [0.3, 0.4) is 0 Å². The molecule has 32 heavy (non-hydrogen) atoms. The number of anilines is 1. The van der Waals surface area contributed by atoms with Gasteiger partial charge in [0.05, 0.1) is 36.5 Å². The highest BCUT2D eigenvalue weighted by molar-refractivity contribution is 6.10. The van der Waals surface area contributed by atoms with E-state index < -0.39 is 5.91 Å². The van der Waals surface area contributed by atoms with Gasteiger partial charge in [0, 0.05) is 32.3 Å². The molecule has 3 rings (SSSR count). The maximum absolute atomic E-state index is 13.1. The van der Waals surface area contributed by atoms with Crippen molar-refractivity contribution < 1.29 is 19.1 Å². The summed E-state index contributed by atoms with van der Waals surface area (Å²) in [6.45, 7) is 4.01. The van der Waals surface area contributed by atoms with Crippen molar-refractivity contribution in [3.05, 3.63) is 57.5 Å². The zero-order valence-corrected chi connectivity index (χ0v) is 19.0. The van der Waals surface area contributed by atoms with Gasteiger partial charge in [-0.1, -0.05) is 0 Å². The van der Waals surface area contributed by atoms with E-state index in [-0.39, 0.29) is 22.7 Å². The zero-order chi connectivity index (χ0) is 23.6. The van der Waals surface area contributed by atoms with Crippen LogP contribution in [0.4, 0.5) is 5.69 Å². The number of ether oxygens (including phenoxy) is 2. The molecule has 0 fully saturated rings. The standard InChI is InChI=1S/C23H26N4O5/c1-7-27-18-9-8-14(10-17(18)24-13(2)22(27)29)21(28)25-16-12-20(32-6)19(31-5)11-15(16)23(30)26(3)4/h8-12H,7H2,1-6H3,(H,25,28). The van der Waals surface area contributed by atoms with Crippen LogP contribution >= 0.6 is 0 Å². The second kappa shape index (κ2) is 9.09. The fraction of sp³-hybridized carbons (Fsp3) is 0.304. The van der Waals surface area contributed by atoms with Crippen LogP contribution in [0.15, 0.2) is 35.1 Å². The van der Waals surface area contributed by atoms with Gasteiger partial charge in [-0.3, -0.25) is 14.4 Å². The van der Waals surface area contributed by atoms with Gasteiger partial charge in [0.2, 0.25) is 0 Å². The summed E-state index contributed by atoms with van der Waals surface area (Å²) in [6.07, 6.45) is 0. The lowest BCUT2D eigenvalue weighted by Crippen LogP contribution is -2.25. The number of methoxy groups -OCH3 is 2. The van der Waals surface area contributed by atoms with Gasteiger partial charge in [-0.25, -0.2) is 4.98 Å². The van der Waals surface area contributed by atoms with Crippen molar-refractivity contribution in [2.75, 3.05) is 33.6 Å². The van der Waals surface area contributed by atoms with Crippen LogP contribution in [0.1, 0.15) is 33.3 Å². The SMILES string of the molecule is CCn1c(=O)c(C)nc2cc(C(=O)Nc3cc(OC)c(OC)cc3C(=O)N(C)C)ccc21. The number of benzene rings is 2. The predicted octanol–water partition coefficient (Wildman–Crippen LogP) is 2.70. The van der Waals surface area contributed by atoms with Crippen molar-refractivity contribution in [1.82, 2.24) is 14.5 Å². The Labute approximate surface area is 185 Å². The molecule has 9 heteroatoms. The molecule has 168 valence electrons. The second-order valence-corrected chi connectivity index (χ2v) is 7.36. The molecule has 2 aromatic carbocycles. The average molecular weight is 438 g/mol. The molecule has 0 unspecified atom stereocenters. The maximum Gasteiger partial charge on any atom is 0.272 e. The molecule has 0 saturated heterocycles. The molecule has 0 atom stereocenters. The molecule has 0 radical (unpaired) electrons. The molecule has 0 spiro atoms. The number of rotatable bonds is 6. The molecule has 3 aromatic rings. The van der Waals surface area contributed by atoms with Gasteiger partial charge in [0.1, 0.15) is 5.69 Å². The number of aryl methyl sites for hydroxylation is 2. The van der Waals surface area contributed by atoms with Crippen LogP contribution in [-0.2, 0) is 6.54 Å². The van der Waals surface area contributed by atoms with E-state index in [0.717, 1.165) is 0 Å². The summed E-state index contributed by atoms with van der Waals surface area (Å²) in [5.74, 6) is 0.0177. The van der Waals surface area contributed by atoms with Gasteiger partial charge in [-0.05, 0) is 38.1 Å². The fourth-order valence-electron chi connectivity index (χ4n) is 3.42. The van der Waals surface area contributed by atoms with Crippen LogP contribution in [0, 0.1) is 6.92 Å². The third-order valence-electron chi connectivity index (χ3n) is 5.10. The van der Waals surface area contributed by atoms with Gasteiger partial charge >= 0.3 is 0 Å². The monoisotopic (exact) mass is 438 g/mol. The molecule has 1 N–H and O–H groups in total. The highest BCUT2D eigenvalue weighted by atomic mass is 16.5. The number of nitrogens with one attached hydrogen (secondary N) is 1. The summed E-state index contributed by atoms with van der Waals surface area (Å²) in [5, 5.41) is 2.79. The van der Waals surface area contributed by atoms with E-state index in [1.54, 1.807) is 49.9 Å². The lowest BCUT2D eigenvalue weighted by molar-refractivity contribution is 0.0828. The van der Waals surface area contributed by atoms with Crippen LogP contribution in [0.25, 0.3) is 11.0 Å². The Morgan fingerprint density at radius 1 is 1.09 bits per heavy atom. The third-order valence-corrected chi connectivity index (χ3v) is 5.10. The average Bonchev–Trinajstić information content (AvgIpc) is 2.78. The Bertz CT molecular complexity index is 1260. The summed E-state index contributed by atoms with van der Waals surface area (Å²) in [7, 11) is 6.19. The topological polar surface area (TPSA) is 103 Å². The van der Waals surface area contributed by atoms with Crippen molar-refractivity contribution in [3.63, 3.8) is 0 Å². The van der Waals surface area contributed by atoms with E-state index in [1.165, 1.54) is 25.2 Å². The van der Waals surface area contributed by atoms with Gasteiger partial charge in [-0.15, -0.1) is 0 Å². The largest absolute Gasteiger partial charge is 0.493 e. The van der Waals surface area contributed by atoms with E-state index in [2.05, 4.69) is 10.3 Å². The molecule has 1 aromatic heterocycles. The number of hydrogen-bond donors (Lipinski definition) is 1. The molecular formula is C23H26N4O5. The van der Waals surface area contributed by atoms with Crippen molar-refractivity contribution >= 4 is 28.5 Å². The molecular weight excluding hydrogens is 412 g/mol. The van der Waals surface area contributed by atoms with Gasteiger partial charge in [0.15, 0.2) is 11.5 Å². The Kier molecular flexibility index (Phi) is 6.47. The summed E-state index contributed by atoms with van der Waals surface area (Å²) in [5.41, 5.74) is 2.27. The quantitative estimate of drug-likeness (QED) is 0.635. The summed E-state index contributed by atoms with van der Waals surface area (Å²) in [6, 6.07) is 8.02. The molecule has 9 nitrogen and oxygen atoms in total. The molecule has 0 aliphatic rings. The van der Waals surface area contributed by atoms with Crippen molar-refractivity contribution in [2.45, 2.75) is 20.4 Å². The number of hydrogen-bond acceptors (Lipinski definition) is 6. The van der Waals surface area contributed by atoms with Crippen LogP contribution in [0.5, 0.6) is 11.5 Å². The number of carbonyl (C=O) groups excluding carboxylic acids is 2. The molecule has 1 heterocycles. The number of fused-ring (bicyclic) bond motifs is 1. The minimum absolute atomic E-state index is 0.158. The fourth-order valence-corrected chi connectivity index (χ4v) is 3.42. The van der Waals surface area contributed by atoms with Crippen molar-refractivity contribution in [2.24, 2.45) is 0 Å². The number of aromatic nitrogens is 2. The Balaban J connectivity index is 2.06. The van der Waals surface area contributed by atoms with Gasteiger partial charge < -0.3 is 24.3 Å². The number of carbonyl (C=O) groups is 2. The Morgan fingerprint density at radius 3 is 2.34 bits per heavy atom. The predicted molar refractivity (Wildman–Crippen MR) is 122 cm³/mol. The van der Waals surface area contributed by atoms with E-state index in [9.17, 15) is 14.4 Å². The van der Waals surface area contributed by atoms with Crippen LogP contribution in [0.2, 0.25) is 0 Å². The molecule has 2 amide bonds. The van der Waals surface area contributed by atoms with Crippen molar-refractivity contribution in [1.29, 1.82) is 0 Å². The first-order valence-corrected chi connectivity index (χ1v) is 10.0. The summed E-state index contributed by atoms with van der Waals surface area (Å²) < 4.78 is 12.2. The lowest BCUT2D eigenvalue weighted by atomic mass is 10.1. The first-order valence-electron chi connectivity index (χ1n) is 10.0. The lowest BCUT2D eigenvalue weighted by Gasteiger charge is -2.18. The molecule has 0 saturated carbocycles. The third kappa shape index (κ3) is 4.14. The van der Waals surface area contributed by atoms with E-state index in [0.29, 0.717) is 40.3 Å². The number of nitrogens with zero attached hydrogens (tertiary/aromatic N) is 3. The minimum atomic E-state index is -0.430. The smallest absolute Gasteiger partial charge is 0.272 e. The zero-order valence-electron chi connectivity index (χ0n) is 19.0. The number of amides is 2. The maximum atomic E-state index is 13.1. The Hall–Kier alpha value is -3.88. The molecule has 0 aliphatic heterocycles. The normalized spacial score (nSPS) is 10.7. The van der Waals surface area contributed by atoms with E-state index in [4.69, 9.17) is 9.47 Å². The summed E-state index contributed by atoms with van der Waals surface area (Å²) in [4.78, 5) is 43.8. The minimum Gasteiger partial charge on any atom is -0.493 e. The van der Waals surface area contributed by atoms with E-state index in [1.807, 2.05) is 6.92 Å². The summed E-state index contributed by atoms with van der Waals surface area (Å²) >= 11 is 0. The Morgan fingerprint density at radius 2 is 1.75 bits per heavy atom. The molecule has 0 bridgehead atoms. The highest BCUT2D eigenvalue weighted by Crippen LogP contribution is 2.34. The van der Waals surface area contributed by atoms with Gasteiger partial charge in [0.25, 0.3) is 17.4 Å². The molecule has 0 aliphatic carbocycles. The van der Waals surface area contributed by atoms with Gasteiger partial charge in [-0.2, -0.15) is 0 Å². The second-order valence-electron chi connectivity index (χ2n) is 7.36. The van der Waals surface area contributed by atoms with Crippen LogP contribution in [-0.4, -0.2) is 54.6 Å². The first kappa shape index (κ1) is 22.8. The van der Waals surface area contributed by atoms with Crippen LogP contribution < -0.4 is 20.3 Å². The first-order chi connectivity index (χ1) is 15.2. The van der Waals surface area contributed by atoms with E-state index >= 15 is 0 Å². The van der Waals surface area contributed by atoms with Crippen molar-refractivity contribution in [3.8, 4) is 11.5 Å². The highest BCUT2D eigenvalue weighted by Gasteiger charge is 2.21.